The standard InChI is InChI=1S/C17H18N4OS/c18-7-5-11-1-3-12(4-2-11)21-15(10-22)20-14-9-19-13-6-8-23-17(13)16(14)21/h6,8-9,11-12,22H,1-5,10H2/t11-,12-. The molecule has 23 heavy (non-hydrogen) atoms. The Hall–Kier alpha value is -1.97. The van der Waals surface area contributed by atoms with Gasteiger partial charge in [-0.05, 0) is 43.0 Å². The van der Waals surface area contributed by atoms with Crippen LogP contribution in [0, 0.1) is 17.2 Å². The number of hydrogen-bond donors (Lipinski definition) is 1. The first kappa shape index (κ1) is 14.6. The highest BCUT2D eigenvalue weighted by atomic mass is 32.1. The van der Waals surface area contributed by atoms with E-state index in [9.17, 15) is 5.11 Å². The number of thiophene rings is 1. The molecular weight excluding hydrogens is 308 g/mol. The van der Waals surface area contributed by atoms with Crippen molar-refractivity contribution in [1.29, 1.82) is 5.26 Å². The van der Waals surface area contributed by atoms with Gasteiger partial charge in [-0.25, -0.2) is 4.98 Å². The maximum Gasteiger partial charge on any atom is 0.136 e. The highest BCUT2D eigenvalue weighted by Crippen LogP contribution is 2.38. The molecule has 6 heteroatoms. The number of hydrogen-bond acceptors (Lipinski definition) is 5. The maximum atomic E-state index is 9.77. The summed E-state index contributed by atoms with van der Waals surface area (Å²) < 4.78 is 3.38. The average Bonchev–Trinajstić information content (AvgIpc) is 3.19. The molecule has 0 radical (unpaired) electrons. The van der Waals surface area contributed by atoms with Gasteiger partial charge in [0.1, 0.15) is 17.9 Å². The largest absolute Gasteiger partial charge is 0.388 e. The first-order valence-corrected chi connectivity index (χ1v) is 8.90. The zero-order valence-corrected chi connectivity index (χ0v) is 13.6. The number of fused-ring (bicyclic) bond motifs is 3. The molecule has 0 saturated heterocycles. The molecule has 0 aliphatic heterocycles. The molecule has 3 aromatic heterocycles. The van der Waals surface area contributed by atoms with Gasteiger partial charge in [-0.1, -0.05) is 0 Å². The van der Waals surface area contributed by atoms with Crippen molar-refractivity contribution in [2.45, 2.75) is 44.8 Å². The Morgan fingerprint density at radius 3 is 2.87 bits per heavy atom. The van der Waals surface area contributed by atoms with Crippen LogP contribution in [0.3, 0.4) is 0 Å². The minimum atomic E-state index is -0.0559. The Morgan fingerprint density at radius 2 is 2.13 bits per heavy atom. The zero-order valence-electron chi connectivity index (χ0n) is 12.8. The van der Waals surface area contributed by atoms with Crippen molar-refractivity contribution in [3.8, 4) is 6.07 Å². The van der Waals surface area contributed by atoms with Gasteiger partial charge in [0.25, 0.3) is 0 Å². The summed E-state index contributed by atoms with van der Waals surface area (Å²) in [6, 6.07) is 4.67. The van der Waals surface area contributed by atoms with Crippen molar-refractivity contribution >= 4 is 32.6 Å². The second-order valence-corrected chi connectivity index (χ2v) is 7.14. The molecule has 0 aromatic carbocycles. The normalized spacial score (nSPS) is 21.7. The lowest BCUT2D eigenvalue weighted by Gasteiger charge is -2.29. The fraction of sp³-hybridized carbons (Fsp3) is 0.471. The lowest BCUT2D eigenvalue weighted by molar-refractivity contribution is 0.239. The molecule has 3 aromatic rings. The third-order valence-electron chi connectivity index (χ3n) is 4.90. The summed E-state index contributed by atoms with van der Waals surface area (Å²) in [5.74, 6) is 1.25. The van der Waals surface area contributed by atoms with E-state index in [1.165, 1.54) is 0 Å². The first-order valence-electron chi connectivity index (χ1n) is 8.02. The number of nitriles is 1. The number of aliphatic hydroxyl groups excluding tert-OH is 1. The summed E-state index contributed by atoms with van der Waals surface area (Å²) >= 11 is 1.68. The molecule has 1 fully saturated rings. The van der Waals surface area contributed by atoms with E-state index in [-0.39, 0.29) is 6.61 Å². The van der Waals surface area contributed by atoms with E-state index in [1.807, 2.05) is 6.07 Å². The lowest BCUT2D eigenvalue weighted by atomic mass is 9.84. The third kappa shape index (κ3) is 2.41. The van der Waals surface area contributed by atoms with Crippen LogP contribution in [0.5, 0.6) is 0 Å². The van der Waals surface area contributed by atoms with E-state index in [1.54, 1.807) is 17.5 Å². The monoisotopic (exact) mass is 326 g/mol. The SMILES string of the molecule is N#CC[C@H]1CC[C@H](n2c(CO)nc3cnc4ccsc4c32)CC1. The van der Waals surface area contributed by atoms with Crippen molar-refractivity contribution in [2.75, 3.05) is 0 Å². The number of rotatable bonds is 3. The van der Waals surface area contributed by atoms with E-state index in [0.717, 1.165) is 52.8 Å². The van der Waals surface area contributed by atoms with Gasteiger partial charge < -0.3 is 9.67 Å². The molecule has 1 aliphatic carbocycles. The number of aliphatic hydroxyl groups is 1. The predicted molar refractivity (Wildman–Crippen MR) is 90.1 cm³/mol. The highest BCUT2D eigenvalue weighted by molar-refractivity contribution is 7.18. The summed E-state index contributed by atoms with van der Waals surface area (Å²) in [6.45, 7) is -0.0559. The number of imidazole rings is 1. The van der Waals surface area contributed by atoms with Crippen LogP contribution in [0.2, 0.25) is 0 Å². The van der Waals surface area contributed by atoms with E-state index in [2.05, 4.69) is 26.0 Å². The van der Waals surface area contributed by atoms with Crippen LogP contribution < -0.4 is 0 Å². The topological polar surface area (TPSA) is 74.7 Å². The second kappa shape index (κ2) is 5.91. The van der Waals surface area contributed by atoms with E-state index in [4.69, 9.17) is 5.26 Å². The van der Waals surface area contributed by atoms with Gasteiger partial charge in [-0.2, -0.15) is 5.26 Å². The number of aromatic nitrogens is 3. The lowest BCUT2D eigenvalue weighted by Crippen LogP contribution is -2.19. The predicted octanol–water partition coefficient (Wildman–Crippen LogP) is 3.78. The van der Waals surface area contributed by atoms with Crippen molar-refractivity contribution in [2.24, 2.45) is 5.92 Å². The van der Waals surface area contributed by atoms with E-state index in [0.29, 0.717) is 18.4 Å². The molecule has 118 valence electrons. The van der Waals surface area contributed by atoms with Crippen LogP contribution in [0.1, 0.15) is 44.0 Å². The summed E-state index contributed by atoms with van der Waals surface area (Å²) in [7, 11) is 0. The summed E-state index contributed by atoms with van der Waals surface area (Å²) in [5.41, 5.74) is 2.97. The highest BCUT2D eigenvalue weighted by Gasteiger charge is 2.26. The molecular formula is C17H18N4OS. The average molecular weight is 326 g/mol. The zero-order chi connectivity index (χ0) is 15.8. The quantitative estimate of drug-likeness (QED) is 0.794. The van der Waals surface area contributed by atoms with Crippen molar-refractivity contribution < 1.29 is 5.11 Å². The van der Waals surface area contributed by atoms with Gasteiger partial charge in [-0.15, -0.1) is 11.3 Å². The first-order chi connectivity index (χ1) is 11.3. The van der Waals surface area contributed by atoms with Crippen LogP contribution in [0.25, 0.3) is 21.3 Å². The smallest absolute Gasteiger partial charge is 0.136 e. The third-order valence-corrected chi connectivity index (χ3v) is 5.81. The van der Waals surface area contributed by atoms with Gasteiger partial charge >= 0.3 is 0 Å². The second-order valence-electron chi connectivity index (χ2n) is 6.22. The Labute approximate surface area is 138 Å². The van der Waals surface area contributed by atoms with Gasteiger partial charge in [0.2, 0.25) is 0 Å². The molecule has 4 rings (SSSR count). The van der Waals surface area contributed by atoms with Crippen LogP contribution in [0.15, 0.2) is 17.6 Å². The number of pyridine rings is 1. The van der Waals surface area contributed by atoms with E-state index >= 15 is 0 Å². The fourth-order valence-corrected chi connectivity index (χ4v) is 4.66. The van der Waals surface area contributed by atoms with Crippen LogP contribution in [-0.2, 0) is 6.61 Å². The van der Waals surface area contributed by atoms with Crippen LogP contribution in [-0.4, -0.2) is 19.6 Å². The Balaban J connectivity index is 1.79. The van der Waals surface area contributed by atoms with Crippen molar-refractivity contribution in [1.82, 2.24) is 14.5 Å². The minimum absolute atomic E-state index is 0.0559. The van der Waals surface area contributed by atoms with Crippen LogP contribution >= 0.6 is 11.3 Å². The van der Waals surface area contributed by atoms with Gasteiger partial charge in [0.15, 0.2) is 0 Å². The van der Waals surface area contributed by atoms with Crippen molar-refractivity contribution in [3.05, 3.63) is 23.5 Å². The number of nitrogens with zero attached hydrogens (tertiary/aromatic N) is 4. The Bertz CT molecular complexity index is 883. The molecule has 0 amide bonds. The van der Waals surface area contributed by atoms with Crippen LogP contribution in [0.4, 0.5) is 0 Å². The molecule has 3 heterocycles. The van der Waals surface area contributed by atoms with E-state index < -0.39 is 0 Å². The molecule has 5 nitrogen and oxygen atoms in total. The summed E-state index contributed by atoms with van der Waals surface area (Å²) in [5, 5.41) is 20.7. The maximum absolute atomic E-state index is 9.77. The molecule has 0 unspecified atom stereocenters. The minimum Gasteiger partial charge on any atom is -0.388 e. The molecule has 1 aliphatic rings. The Morgan fingerprint density at radius 1 is 1.30 bits per heavy atom. The van der Waals surface area contributed by atoms with Gasteiger partial charge in [-0.3, -0.25) is 4.98 Å². The van der Waals surface area contributed by atoms with Gasteiger partial charge in [0.05, 0.1) is 28.0 Å². The molecule has 0 bridgehead atoms. The van der Waals surface area contributed by atoms with Crippen molar-refractivity contribution in [3.63, 3.8) is 0 Å². The molecule has 0 spiro atoms. The molecule has 1 N–H and O–H groups in total. The van der Waals surface area contributed by atoms with Gasteiger partial charge in [0, 0.05) is 12.5 Å². The summed E-state index contributed by atoms with van der Waals surface area (Å²) in [6.07, 6.45) is 6.69. The molecule has 1 saturated carbocycles. The summed E-state index contributed by atoms with van der Waals surface area (Å²) in [4.78, 5) is 9.05. The Kier molecular flexibility index (Phi) is 3.76. The molecule has 0 atom stereocenters. The fourth-order valence-electron chi connectivity index (χ4n) is 3.77.